The predicted octanol–water partition coefficient (Wildman–Crippen LogP) is 2.12. The summed E-state index contributed by atoms with van der Waals surface area (Å²) in [5, 5.41) is 0. The van der Waals surface area contributed by atoms with Crippen LogP contribution in [0.1, 0.15) is 46.5 Å². The number of carbonyl (C=O) groups excluding carboxylic acids is 1. The van der Waals surface area contributed by atoms with E-state index in [1.807, 2.05) is 13.8 Å². The average molecular weight is 171 g/mol. The Labute approximate surface area is 75.5 Å². The molecule has 0 aliphatic carbocycles. The van der Waals surface area contributed by atoms with E-state index in [9.17, 15) is 4.79 Å². The van der Waals surface area contributed by atoms with Crippen LogP contribution < -0.4 is 5.73 Å². The van der Waals surface area contributed by atoms with Gasteiger partial charge in [0, 0.05) is 6.42 Å². The van der Waals surface area contributed by atoms with E-state index in [0.717, 1.165) is 19.3 Å². The molecule has 0 aromatic carbocycles. The van der Waals surface area contributed by atoms with Gasteiger partial charge in [0.1, 0.15) is 5.78 Å². The molecule has 0 saturated carbocycles. The molecular weight excluding hydrogens is 150 g/mol. The van der Waals surface area contributed by atoms with E-state index in [4.69, 9.17) is 5.73 Å². The smallest absolute Gasteiger partial charge is 0.149 e. The Hall–Kier alpha value is -0.370. The van der Waals surface area contributed by atoms with E-state index in [0.29, 0.717) is 12.3 Å². The highest BCUT2D eigenvalue weighted by Gasteiger charge is 2.13. The Morgan fingerprint density at radius 2 is 2.00 bits per heavy atom. The number of rotatable bonds is 6. The van der Waals surface area contributed by atoms with Gasteiger partial charge in [-0.15, -0.1) is 0 Å². The minimum absolute atomic E-state index is 0.215. The first-order valence-corrected chi connectivity index (χ1v) is 4.86. The summed E-state index contributed by atoms with van der Waals surface area (Å²) >= 11 is 0. The lowest BCUT2D eigenvalue weighted by molar-refractivity contribution is -0.121. The van der Waals surface area contributed by atoms with Gasteiger partial charge in [-0.2, -0.15) is 0 Å². The van der Waals surface area contributed by atoms with Gasteiger partial charge in [0.05, 0.1) is 6.04 Å². The molecule has 0 fully saturated rings. The van der Waals surface area contributed by atoms with Crippen LogP contribution in [0.15, 0.2) is 0 Å². The Balaban J connectivity index is 3.61. The predicted molar refractivity (Wildman–Crippen MR) is 52.0 cm³/mol. The van der Waals surface area contributed by atoms with Crippen molar-refractivity contribution in [3.05, 3.63) is 0 Å². The highest BCUT2D eigenvalue weighted by Crippen LogP contribution is 2.06. The van der Waals surface area contributed by atoms with Crippen LogP contribution in [-0.4, -0.2) is 11.8 Å². The van der Waals surface area contributed by atoms with Crippen molar-refractivity contribution < 1.29 is 4.79 Å². The summed E-state index contributed by atoms with van der Waals surface area (Å²) in [6.07, 6.45) is 3.65. The highest BCUT2D eigenvalue weighted by molar-refractivity contribution is 5.83. The number of nitrogens with two attached hydrogens (primary N) is 1. The van der Waals surface area contributed by atoms with Crippen LogP contribution >= 0.6 is 0 Å². The summed E-state index contributed by atoms with van der Waals surface area (Å²) in [6, 6.07) is -0.215. The monoisotopic (exact) mass is 171 g/mol. The lowest BCUT2D eigenvalue weighted by Crippen LogP contribution is -2.31. The van der Waals surface area contributed by atoms with E-state index in [1.165, 1.54) is 0 Å². The van der Waals surface area contributed by atoms with Crippen molar-refractivity contribution in [2.45, 2.75) is 52.5 Å². The van der Waals surface area contributed by atoms with Gasteiger partial charge in [-0.25, -0.2) is 0 Å². The second-order valence-electron chi connectivity index (χ2n) is 3.81. The van der Waals surface area contributed by atoms with Crippen molar-refractivity contribution in [3.8, 4) is 0 Å². The largest absolute Gasteiger partial charge is 0.322 e. The van der Waals surface area contributed by atoms with Crippen LogP contribution in [0.4, 0.5) is 0 Å². The zero-order chi connectivity index (χ0) is 9.56. The number of hydrogen-bond acceptors (Lipinski definition) is 2. The quantitative estimate of drug-likeness (QED) is 0.665. The molecule has 1 atom stereocenters. The zero-order valence-electron chi connectivity index (χ0n) is 8.47. The van der Waals surface area contributed by atoms with Gasteiger partial charge in [-0.05, 0) is 12.3 Å². The molecule has 0 aliphatic heterocycles. The molecule has 0 bridgehead atoms. The summed E-state index contributed by atoms with van der Waals surface area (Å²) in [6.45, 7) is 6.20. The standard InChI is InChI=1S/C10H21NO/c1-4-5-6-9(11)10(12)7-8(2)3/h8-9H,4-7,11H2,1-3H3. The number of carbonyl (C=O) groups is 1. The SMILES string of the molecule is CCCCC(N)C(=O)CC(C)C. The summed E-state index contributed by atoms with van der Waals surface area (Å²) < 4.78 is 0. The molecule has 2 N–H and O–H groups in total. The maximum Gasteiger partial charge on any atom is 0.149 e. The van der Waals surface area contributed by atoms with Crippen molar-refractivity contribution in [1.82, 2.24) is 0 Å². The van der Waals surface area contributed by atoms with E-state index < -0.39 is 0 Å². The van der Waals surface area contributed by atoms with Crippen LogP contribution in [0.2, 0.25) is 0 Å². The van der Waals surface area contributed by atoms with Crippen molar-refractivity contribution in [1.29, 1.82) is 0 Å². The van der Waals surface area contributed by atoms with Gasteiger partial charge in [0.2, 0.25) is 0 Å². The molecule has 0 aromatic heterocycles. The first kappa shape index (κ1) is 11.6. The number of ketones is 1. The molecule has 72 valence electrons. The van der Waals surface area contributed by atoms with Crippen LogP contribution in [0.3, 0.4) is 0 Å². The molecule has 12 heavy (non-hydrogen) atoms. The normalized spacial score (nSPS) is 13.4. The van der Waals surface area contributed by atoms with Crippen molar-refractivity contribution in [2.75, 3.05) is 0 Å². The molecule has 2 nitrogen and oxygen atoms in total. The van der Waals surface area contributed by atoms with Gasteiger partial charge in [-0.3, -0.25) is 4.79 Å². The third-order valence-corrected chi connectivity index (χ3v) is 1.89. The molecule has 0 spiro atoms. The van der Waals surface area contributed by atoms with Gasteiger partial charge in [-0.1, -0.05) is 33.6 Å². The van der Waals surface area contributed by atoms with E-state index in [1.54, 1.807) is 0 Å². The fourth-order valence-electron chi connectivity index (χ4n) is 1.14. The van der Waals surface area contributed by atoms with Crippen molar-refractivity contribution in [2.24, 2.45) is 11.7 Å². The lowest BCUT2D eigenvalue weighted by atomic mass is 9.99. The van der Waals surface area contributed by atoms with Crippen LogP contribution in [0.25, 0.3) is 0 Å². The Morgan fingerprint density at radius 1 is 1.42 bits per heavy atom. The van der Waals surface area contributed by atoms with Crippen molar-refractivity contribution >= 4 is 5.78 Å². The first-order valence-electron chi connectivity index (χ1n) is 4.86. The summed E-state index contributed by atoms with van der Waals surface area (Å²) in [7, 11) is 0. The Bertz CT molecular complexity index is 132. The van der Waals surface area contributed by atoms with Gasteiger partial charge in [0.15, 0.2) is 0 Å². The first-order chi connectivity index (χ1) is 5.57. The second-order valence-corrected chi connectivity index (χ2v) is 3.81. The maximum atomic E-state index is 11.3. The van der Waals surface area contributed by atoms with Gasteiger partial charge in [0.25, 0.3) is 0 Å². The molecule has 1 unspecified atom stereocenters. The summed E-state index contributed by atoms with van der Waals surface area (Å²) in [5.74, 6) is 0.656. The molecular formula is C10H21NO. The third-order valence-electron chi connectivity index (χ3n) is 1.89. The molecule has 0 aliphatic rings. The van der Waals surface area contributed by atoms with Gasteiger partial charge >= 0.3 is 0 Å². The minimum Gasteiger partial charge on any atom is -0.322 e. The average Bonchev–Trinajstić information content (AvgIpc) is 1.98. The summed E-state index contributed by atoms with van der Waals surface area (Å²) in [5.41, 5.74) is 5.70. The highest BCUT2D eigenvalue weighted by atomic mass is 16.1. The number of hydrogen-bond donors (Lipinski definition) is 1. The topological polar surface area (TPSA) is 43.1 Å². The van der Waals surface area contributed by atoms with Gasteiger partial charge < -0.3 is 5.73 Å². The van der Waals surface area contributed by atoms with Crippen LogP contribution in [0, 0.1) is 5.92 Å². The molecule has 2 heteroatoms. The Morgan fingerprint density at radius 3 is 2.42 bits per heavy atom. The van der Waals surface area contributed by atoms with Crippen molar-refractivity contribution in [3.63, 3.8) is 0 Å². The third kappa shape index (κ3) is 5.30. The minimum atomic E-state index is -0.215. The molecule has 0 radical (unpaired) electrons. The fourth-order valence-corrected chi connectivity index (χ4v) is 1.14. The number of unbranched alkanes of at least 4 members (excludes halogenated alkanes) is 1. The lowest BCUT2D eigenvalue weighted by Gasteiger charge is -2.10. The molecule has 0 aromatic rings. The summed E-state index contributed by atoms with van der Waals surface area (Å²) in [4.78, 5) is 11.3. The molecule has 0 saturated heterocycles. The van der Waals surface area contributed by atoms with E-state index >= 15 is 0 Å². The fraction of sp³-hybridized carbons (Fsp3) is 0.900. The van der Waals surface area contributed by atoms with E-state index in [2.05, 4.69) is 6.92 Å². The molecule has 0 heterocycles. The molecule has 0 rings (SSSR count). The Kier molecular flexibility index (Phi) is 5.99. The van der Waals surface area contributed by atoms with Crippen LogP contribution in [0.5, 0.6) is 0 Å². The van der Waals surface area contributed by atoms with Crippen LogP contribution in [-0.2, 0) is 4.79 Å². The molecule has 0 amide bonds. The number of Topliss-reactive ketones (excluding diaryl/α,β-unsaturated/α-hetero) is 1. The second kappa shape index (κ2) is 6.18. The van der Waals surface area contributed by atoms with E-state index in [-0.39, 0.29) is 11.8 Å². The zero-order valence-corrected chi connectivity index (χ0v) is 8.47. The maximum absolute atomic E-state index is 11.3.